The van der Waals surface area contributed by atoms with Gasteiger partial charge in [0.2, 0.25) is 0 Å². The van der Waals surface area contributed by atoms with Crippen molar-refractivity contribution in [2.24, 2.45) is 0 Å². The maximum absolute atomic E-state index is 12.8. The smallest absolute Gasteiger partial charge is 0.123 e. The number of rotatable bonds is 4. The highest BCUT2D eigenvalue weighted by Crippen LogP contribution is 2.13. The van der Waals surface area contributed by atoms with Crippen LogP contribution >= 0.6 is 0 Å². The highest BCUT2D eigenvalue weighted by molar-refractivity contribution is 5.46. The molecule has 0 saturated heterocycles. The van der Waals surface area contributed by atoms with Crippen LogP contribution in [0, 0.1) is 12.7 Å². The number of hydrogen-bond acceptors (Lipinski definition) is 1. The summed E-state index contributed by atoms with van der Waals surface area (Å²) in [6.45, 7) is 4.21. The predicted octanol–water partition coefficient (Wildman–Crippen LogP) is 4.18. The van der Waals surface area contributed by atoms with Gasteiger partial charge in [0.1, 0.15) is 5.82 Å². The van der Waals surface area contributed by atoms with Crippen LogP contribution in [0.2, 0.25) is 0 Å². The third kappa shape index (κ3) is 3.59. The molecule has 0 aliphatic carbocycles. The van der Waals surface area contributed by atoms with Crippen LogP contribution < -0.4 is 5.32 Å². The summed E-state index contributed by atoms with van der Waals surface area (Å²) in [5.74, 6) is -0.182. The number of hydrogen-bond donors (Lipinski definition) is 1. The number of aryl methyl sites for hydroxylation is 1. The van der Waals surface area contributed by atoms with Crippen molar-refractivity contribution in [3.05, 3.63) is 65.5 Å². The van der Waals surface area contributed by atoms with Crippen molar-refractivity contribution >= 4 is 5.69 Å². The van der Waals surface area contributed by atoms with E-state index in [0.29, 0.717) is 6.04 Å². The average Bonchev–Trinajstić information content (AvgIpc) is 2.32. The second-order valence-corrected chi connectivity index (χ2v) is 4.75. The summed E-state index contributed by atoms with van der Waals surface area (Å²) in [5, 5.41) is 3.45. The molecule has 2 aromatic carbocycles. The van der Waals surface area contributed by atoms with E-state index in [1.165, 1.54) is 17.7 Å². The Morgan fingerprint density at radius 1 is 1.11 bits per heavy atom. The third-order valence-corrected chi connectivity index (χ3v) is 2.89. The molecule has 0 spiro atoms. The van der Waals surface area contributed by atoms with E-state index in [-0.39, 0.29) is 5.82 Å². The fraction of sp³-hybridized carbons (Fsp3) is 0.250. The van der Waals surface area contributed by atoms with Crippen LogP contribution in [-0.2, 0) is 6.42 Å². The van der Waals surface area contributed by atoms with Crippen molar-refractivity contribution in [1.82, 2.24) is 0 Å². The molecule has 1 unspecified atom stereocenters. The lowest BCUT2D eigenvalue weighted by Gasteiger charge is -2.15. The van der Waals surface area contributed by atoms with Gasteiger partial charge in [-0.15, -0.1) is 0 Å². The molecule has 2 rings (SSSR count). The van der Waals surface area contributed by atoms with Crippen molar-refractivity contribution in [3.63, 3.8) is 0 Å². The summed E-state index contributed by atoms with van der Waals surface area (Å²) >= 11 is 0. The van der Waals surface area contributed by atoms with Gasteiger partial charge in [0.25, 0.3) is 0 Å². The first-order valence-electron chi connectivity index (χ1n) is 6.21. The van der Waals surface area contributed by atoms with E-state index in [1.54, 1.807) is 0 Å². The molecule has 0 heterocycles. The minimum Gasteiger partial charge on any atom is -0.382 e. The van der Waals surface area contributed by atoms with E-state index in [2.05, 4.69) is 37.4 Å². The monoisotopic (exact) mass is 243 g/mol. The second kappa shape index (κ2) is 5.67. The van der Waals surface area contributed by atoms with E-state index in [9.17, 15) is 4.39 Å². The summed E-state index contributed by atoms with van der Waals surface area (Å²) in [5.41, 5.74) is 3.52. The molecule has 18 heavy (non-hydrogen) atoms. The number of nitrogens with one attached hydrogen (secondary N) is 1. The van der Waals surface area contributed by atoms with E-state index in [1.807, 2.05) is 18.2 Å². The van der Waals surface area contributed by atoms with Gasteiger partial charge < -0.3 is 5.32 Å². The fourth-order valence-electron chi connectivity index (χ4n) is 2.04. The maximum Gasteiger partial charge on any atom is 0.123 e. The molecule has 1 nitrogen and oxygen atoms in total. The van der Waals surface area contributed by atoms with Crippen LogP contribution in [0.4, 0.5) is 10.1 Å². The highest BCUT2D eigenvalue weighted by Gasteiger charge is 2.04. The van der Waals surface area contributed by atoms with Gasteiger partial charge >= 0.3 is 0 Å². The second-order valence-electron chi connectivity index (χ2n) is 4.75. The molecular formula is C16H18FN. The lowest BCUT2D eigenvalue weighted by atomic mass is 10.1. The minimum atomic E-state index is -0.182. The first-order chi connectivity index (χ1) is 8.63. The van der Waals surface area contributed by atoms with Gasteiger partial charge in [-0.25, -0.2) is 4.39 Å². The van der Waals surface area contributed by atoms with Crippen molar-refractivity contribution < 1.29 is 4.39 Å². The number of halogens is 1. The van der Waals surface area contributed by atoms with Gasteiger partial charge in [-0.1, -0.05) is 24.3 Å². The molecule has 0 fully saturated rings. The van der Waals surface area contributed by atoms with Crippen LogP contribution in [0.25, 0.3) is 0 Å². The predicted molar refractivity (Wildman–Crippen MR) is 74.4 cm³/mol. The van der Waals surface area contributed by atoms with E-state index in [0.717, 1.165) is 17.7 Å². The molecule has 0 bridgehead atoms. The largest absolute Gasteiger partial charge is 0.382 e. The number of benzene rings is 2. The molecule has 2 heteroatoms. The average molecular weight is 243 g/mol. The normalized spacial score (nSPS) is 12.2. The lowest BCUT2D eigenvalue weighted by Crippen LogP contribution is -2.18. The minimum absolute atomic E-state index is 0.182. The van der Waals surface area contributed by atoms with Gasteiger partial charge in [0.05, 0.1) is 0 Å². The Kier molecular flexibility index (Phi) is 3.98. The van der Waals surface area contributed by atoms with E-state index in [4.69, 9.17) is 0 Å². The van der Waals surface area contributed by atoms with Crippen LogP contribution in [0.5, 0.6) is 0 Å². The molecule has 2 aromatic rings. The fourth-order valence-corrected chi connectivity index (χ4v) is 2.04. The van der Waals surface area contributed by atoms with Crippen molar-refractivity contribution in [2.45, 2.75) is 26.3 Å². The lowest BCUT2D eigenvalue weighted by molar-refractivity contribution is 0.626. The Hall–Kier alpha value is -1.83. The molecular weight excluding hydrogens is 225 g/mol. The molecule has 0 aromatic heterocycles. The third-order valence-electron chi connectivity index (χ3n) is 2.89. The summed E-state index contributed by atoms with van der Waals surface area (Å²) < 4.78 is 12.8. The zero-order valence-corrected chi connectivity index (χ0v) is 10.8. The quantitative estimate of drug-likeness (QED) is 0.849. The Morgan fingerprint density at radius 3 is 2.50 bits per heavy atom. The number of anilines is 1. The zero-order chi connectivity index (χ0) is 13.0. The molecule has 1 N–H and O–H groups in total. The standard InChI is InChI=1S/C16H18FN/c1-12-4-3-5-16(10-12)18-13(2)11-14-6-8-15(17)9-7-14/h3-10,13,18H,11H2,1-2H3. The first kappa shape index (κ1) is 12.6. The Labute approximate surface area is 108 Å². The van der Waals surface area contributed by atoms with Crippen molar-refractivity contribution in [2.75, 3.05) is 5.32 Å². The highest BCUT2D eigenvalue weighted by atomic mass is 19.1. The van der Waals surface area contributed by atoms with Crippen LogP contribution in [0.15, 0.2) is 48.5 Å². The van der Waals surface area contributed by atoms with E-state index < -0.39 is 0 Å². The Bertz CT molecular complexity index is 505. The molecule has 0 saturated carbocycles. The zero-order valence-electron chi connectivity index (χ0n) is 10.8. The molecule has 0 aliphatic rings. The molecule has 0 aliphatic heterocycles. The SMILES string of the molecule is Cc1cccc(NC(C)Cc2ccc(F)cc2)c1. The summed E-state index contributed by atoms with van der Waals surface area (Å²) in [7, 11) is 0. The first-order valence-corrected chi connectivity index (χ1v) is 6.21. The molecule has 0 radical (unpaired) electrons. The van der Waals surface area contributed by atoms with Gasteiger partial charge in [-0.3, -0.25) is 0 Å². The van der Waals surface area contributed by atoms with Crippen LogP contribution in [-0.4, -0.2) is 6.04 Å². The Balaban J connectivity index is 1.96. The summed E-state index contributed by atoms with van der Waals surface area (Å²) in [4.78, 5) is 0. The Morgan fingerprint density at radius 2 is 1.83 bits per heavy atom. The van der Waals surface area contributed by atoms with E-state index >= 15 is 0 Å². The van der Waals surface area contributed by atoms with Crippen molar-refractivity contribution in [1.29, 1.82) is 0 Å². The molecule has 94 valence electrons. The maximum atomic E-state index is 12.8. The van der Waals surface area contributed by atoms with Gasteiger partial charge in [0, 0.05) is 11.7 Å². The summed E-state index contributed by atoms with van der Waals surface area (Å²) in [6, 6.07) is 15.3. The molecule has 0 amide bonds. The van der Waals surface area contributed by atoms with Gasteiger partial charge in [-0.05, 0) is 55.7 Å². The van der Waals surface area contributed by atoms with Crippen molar-refractivity contribution in [3.8, 4) is 0 Å². The van der Waals surface area contributed by atoms with Crippen LogP contribution in [0.1, 0.15) is 18.1 Å². The topological polar surface area (TPSA) is 12.0 Å². The molecule has 1 atom stereocenters. The van der Waals surface area contributed by atoms with Gasteiger partial charge in [0.15, 0.2) is 0 Å². The van der Waals surface area contributed by atoms with Crippen LogP contribution in [0.3, 0.4) is 0 Å². The van der Waals surface area contributed by atoms with Gasteiger partial charge in [-0.2, -0.15) is 0 Å². The summed E-state index contributed by atoms with van der Waals surface area (Å²) in [6.07, 6.45) is 0.883.